The van der Waals surface area contributed by atoms with E-state index in [1.165, 1.54) is 0 Å². The third-order valence-electron chi connectivity index (χ3n) is 2.73. The van der Waals surface area contributed by atoms with E-state index in [4.69, 9.17) is 4.74 Å². The average Bonchev–Trinajstić information content (AvgIpc) is 2.83. The largest absolute Gasteiger partial charge is 0.377 e. The molecule has 0 amide bonds. The van der Waals surface area contributed by atoms with Gasteiger partial charge in [0.1, 0.15) is 0 Å². The fraction of sp³-hybridized carbons (Fsp3) is 0.455. The standard InChI is InChI=1S/C11H13F2NO3S/c12-10-4-3-9(6-11(10)13)18(15,16)14-7-8-2-1-5-17-8/h3-4,6,8,14H,1-2,5,7H2/t8-/m0/s1. The summed E-state index contributed by atoms with van der Waals surface area (Å²) in [4.78, 5) is -0.292. The summed E-state index contributed by atoms with van der Waals surface area (Å²) < 4.78 is 56.8. The van der Waals surface area contributed by atoms with Crippen molar-refractivity contribution >= 4 is 10.0 Å². The maximum Gasteiger partial charge on any atom is 0.240 e. The Morgan fingerprint density at radius 1 is 1.33 bits per heavy atom. The number of hydrogen-bond acceptors (Lipinski definition) is 3. The number of benzene rings is 1. The SMILES string of the molecule is O=S(=O)(NC[C@@H]1CCCO1)c1ccc(F)c(F)c1. The Labute approximate surface area is 104 Å². The van der Waals surface area contributed by atoms with Crippen molar-refractivity contribution in [2.24, 2.45) is 0 Å². The van der Waals surface area contributed by atoms with Gasteiger partial charge in [0.15, 0.2) is 11.6 Å². The molecule has 1 saturated heterocycles. The Bertz CT molecular complexity index is 527. The summed E-state index contributed by atoms with van der Waals surface area (Å²) >= 11 is 0. The van der Waals surface area contributed by atoms with E-state index in [1.54, 1.807) is 0 Å². The Morgan fingerprint density at radius 3 is 2.72 bits per heavy atom. The van der Waals surface area contributed by atoms with E-state index in [0.717, 1.165) is 25.0 Å². The molecule has 1 fully saturated rings. The van der Waals surface area contributed by atoms with Gasteiger partial charge in [-0.25, -0.2) is 21.9 Å². The molecule has 18 heavy (non-hydrogen) atoms. The predicted octanol–water partition coefficient (Wildman–Crippen LogP) is 1.42. The summed E-state index contributed by atoms with van der Waals surface area (Å²) in [6, 6.07) is 2.47. The summed E-state index contributed by atoms with van der Waals surface area (Å²) in [6.07, 6.45) is 1.54. The van der Waals surface area contributed by atoms with Crippen molar-refractivity contribution in [3.8, 4) is 0 Å². The second-order valence-corrected chi connectivity index (χ2v) is 5.83. The van der Waals surface area contributed by atoms with Gasteiger partial charge in [0.25, 0.3) is 0 Å². The zero-order chi connectivity index (χ0) is 13.2. The molecule has 7 heteroatoms. The lowest BCUT2D eigenvalue weighted by molar-refractivity contribution is 0.114. The Kier molecular flexibility index (Phi) is 3.94. The van der Waals surface area contributed by atoms with Gasteiger partial charge in [-0.2, -0.15) is 0 Å². The Hall–Kier alpha value is -1.05. The molecule has 1 aromatic rings. The molecule has 0 saturated carbocycles. The highest BCUT2D eigenvalue weighted by molar-refractivity contribution is 7.89. The van der Waals surface area contributed by atoms with Crippen LogP contribution in [0.15, 0.2) is 23.1 Å². The molecule has 100 valence electrons. The molecule has 2 rings (SSSR count). The van der Waals surface area contributed by atoms with Crippen molar-refractivity contribution in [2.45, 2.75) is 23.8 Å². The second-order valence-electron chi connectivity index (χ2n) is 4.06. The van der Waals surface area contributed by atoms with E-state index in [9.17, 15) is 17.2 Å². The summed E-state index contributed by atoms with van der Waals surface area (Å²) in [5.74, 6) is -2.26. The van der Waals surface area contributed by atoms with Gasteiger partial charge < -0.3 is 4.74 Å². The highest BCUT2D eigenvalue weighted by atomic mass is 32.2. The maximum atomic E-state index is 13.0. The topological polar surface area (TPSA) is 55.4 Å². The average molecular weight is 277 g/mol. The minimum absolute atomic E-state index is 0.140. The van der Waals surface area contributed by atoms with Crippen molar-refractivity contribution in [2.75, 3.05) is 13.2 Å². The van der Waals surface area contributed by atoms with Crippen LogP contribution in [-0.2, 0) is 14.8 Å². The fourth-order valence-electron chi connectivity index (χ4n) is 1.74. The molecule has 0 bridgehead atoms. The fourth-order valence-corrected chi connectivity index (χ4v) is 2.81. The summed E-state index contributed by atoms with van der Waals surface area (Å²) in [6.45, 7) is 0.763. The first-order valence-electron chi connectivity index (χ1n) is 5.55. The number of halogens is 2. The minimum atomic E-state index is -3.82. The molecule has 1 atom stereocenters. The van der Waals surface area contributed by atoms with Gasteiger partial charge in [-0.3, -0.25) is 0 Å². The summed E-state index contributed by atoms with van der Waals surface area (Å²) in [7, 11) is -3.82. The number of rotatable bonds is 4. The molecule has 1 aliphatic heterocycles. The van der Waals surface area contributed by atoms with Crippen LogP contribution in [0.1, 0.15) is 12.8 Å². The van der Waals surface area contributed by atoms with Gasteiger partial charge in [-0.05, 0) is 31.0 Å². The number of sulfonamides is 1. The first-order valence-corrected chi connectivity index (χ1v) is 7.04. The molecule has 1 aliphatic rings. The first kappa shape index (κ1) is 13.4. The summed E-state index contributed by atoms with van der Waals surface area (Å²) in [5.41, 5.74) is 0. The van der Waals surface area contributed by atoms with Crippen LogP contribution in [0.5, 0.6) is 0 Å². The van der Waals surface area contributed by atoms with E-state index >= 15 is 0 Å². The lowest BCUT2D eigenvalue weighted by atomic mass is 10.2. The van der Waals surface area contributed by atoms with Crippen molar-refractivity contribution in [1.29, 1.82) is 0 Å². The van der Waals surface area contributed by atoms with Crippen LogP contribution in [0.3, 0.4) is 0 Å². The van der Waals surface area contributed by atoms with Crippen LogP contribution < -0.4 is 4.72 Å². The lowest BCUT2D eigenvalue weighted by Crippen LogP contribution is -2.31. The molecule has 0 spiro atoms. The van der Waals surface area contributed by atoms with Crippen LogP contribution in [0.25, 0.3) is 0 Å². The normalized spacial score (nSPS) is 20.2. The second kappa shape index (κ2) is 5.29. The van der Waals surface area contributed by atoms with Crippen molar-refractivity contribution < 1.29 is 21.9 Å². The zero-order valence-electron chi connectivity index (χ0n) is 9.53. The van der Waals surface area contributed by atoms with E-state index in [2.05, 4.69) is 4.72 Å². The van der Waals surface area contributed by atoms with E-state index in [0.29, 0.717) is 12.7 Å². The molecule has 0 aliphatic carbocycles. The third-order valence-corrected chi connectivity index (χ3v) is 4.15. The number of nitrogens with one attached hydrogen (secondary N) is 1. The van der Waals surface area contributed by atoms with Crippen LogP contribution in [0.2, 0.25) is 0 Å². The van der Waals surface area contributed by atoms with Gasteiger partial charge in [0.05, 0.1) is 11.0 Å². The molecule has 0 aromatic heterocycles. The lowest BCUT2D eigenvalue weighted by Gasteiger charge is -2.11. The predicted molar refractivity (Wildman–Crippen MR) is 60.5 cm³/mol. The van der Waals surface area contributed by atoms with Crippen LogP contribution >= 0.6 is 0 Å². The molecule has 1 N–H and O–H groups in total. The van der Waals surface area contributed by atoms with E-state index in [-0.39, 0.29) is 17.5 Å². The number of ether oxygens (including phenoxy) is 1. The molecule has 1 heterocycles. The smallest absolute Gasteiger partial charge is 0.240 e. The van der Waals surface area contributed by atoms with Crippen LogP contribution in [0, 0.1) is 11.6 Å². The quantitative estimate of drug-likeness (QED) is 0.905. The monoisotopic (exact) mass is 277 g/mol. The van der Waals surface area contributed by atoms with Crippen LogP contribution in [-0.4, -0.2) is 27.7 Å². The molecular formula is C11H13F2NO3S. The molecule has 1 aromatic carbocycles. The van der Waals surface area contributed by atoms with E-state index in [1.807, 2.05) is 0 Å². The van der Waals surface area contributed by atoms with Crippen molar-refractivity contribution in [1.82, 2.24) is 4.72 Å². The molecule has 0 radical (unpaired) electrons. The number of hydrogen-bond donors (Lipinski definition) is 1. The molecule has 0 unspecified atom stereocenters. The van der Waals surface area contributed by atoms with Gasteiger partial charge in [0.2, 0.25) is 10.0 Å². The Balaban J connectivity index is 2.07. The van der Waals surface area contributed by atoms with Gasteiger partial charge >= 0.3 is 0 Å². The minimum Gasteiger partial charge on any atom is -0.377 e. The highest BCUT2D eigenvalue weighted by Crippen LogP contribution is 2.15. The third kappa shape index (κ3) is 3.04. The van der Waals surface area contributed by atoms with Gasteiger partial charge in [-0.15, -0.1) is 0 Å². The zero-order valence-corrected chi connectivity index (χ0v) is 10.3. The Morgan fingerprint density at radius 2 is 2.11 bits per heavy atom. The maximum absolute atomic E-state index is 13.0. The van der Waals surface area contributed by atoms with Gasteiger partial charge in [0, 0.05) is 13.2 Å². The first-order chi connectivity index (χ1) is 8.49. The van der Waals surface area contributed by atoms with Crippen molar-refractivity contribution in [3.63, 3.8) is 0 Å². The van der Waals surface area contributed by atoms with Crippen molar-refractivity contribution in [3.05, 3.63) is 29.8 Å². The molecule has 4 nitrogen and oxygen atoms in total. The highest BCUT2D eigenvalue weighted by Gasteiger charge is 2.21. The van der Waals surface area contributed by atoms with Gasteiger partial charge in [-0.1, -0.05) is 0 Å². The summed E-state index contributed by atoms with van der Waals surface area (Å²) in [5, 5.41) is 0. The van der Waals surface area contributed by atoms with E-state index < -0.39 is 21.7 Å². The molecular weight excluding hydrogens is 264 g/mol. The van der Waals surface area contributed by atoms with Crippen LogP contribution in [0.4, 0.5) is 8.78 Å².